The van der Waals surface area contributed by atoms with Crippen LogP contribution in [0.1, 0.15) is 121 Å². The van der Waals surface area contributed by atoms with Crippen LogP contribution in [0.2, 0.25) is 0 Å². The standard InChI is InChI=1S/C31H60N4O7/c1-11-12-13-18-25(36)34(23-16-19-32-26(37)40-29(2,3)4)21-14-15-22-35(28(39)42-31(8,9)10)24-17-20-33-27(38)41-30(5,6)7/h11-24H2,1-10H3,(H,32,37)(H,33,38). The summed E-state index contributed by atoms with van der Waals surface area (Å²) in [6.07, 6.45) is 4.62. The molecule has 0 aromatic carbocycles. The van der Waals surface area contributed by atoms with Crippen LogP contribution in [-0.2, 0) is 19.0 Å². The molecule has 0 aliphatic carbocycles. The average molecular weight is 601 g/mol. The molecule has 0 aromatic rings. The predicted octanol–water partition coefficient (Wildman–Crippen LogP) is 6.24. The first-order chi connectivity index (χ1) is 19.3. The third-order valence-electron chi connectivity index (χ3n) is 5.65. The lowest BCUT2D eigenvalue weighted by Crippen LogP contribution is -2.40. The molecule has 0 atom stereocenters. The SMILES string of the molecule is CCCCCC(=O)N(CCCCN(CCCNC(=O)OC(C)(C)C)C(=O)OC(C)(C)C)CCCNC(=O)OC(C)(C)C. The number of nitrogens with zero attached hydrogens (tertiary/aromatic N) is 2. The van der Waals surface area contributed by atoms with Crippen molar-refractivity contribution in [2.45, 2.75) is 137 Å². The van der Waals surface area contributed by atoms with Crippen molar-refractivity contribution in [3.8, 4) is 0 Å². The van der Waals surface area contributed by atoms with Gasteiger partial charge in [-0.1, -0.05) is 19.8 Å². The van der Waals surface area contributed by atoms with E-state index in [1.54, 1.807) is 25.7 Å². The van der Waals surface area contributed by atoms with Crippen molar-refractivity contribution in [2.75, 3.05) is 39.3 Å². The second kappa shape index (κ2) is 19.5. The molecule has 0 heterocycles. The Hall–Kier alpha value is -2.72. The van der Waals surface area contributed by atoms with E-state index in [0.29, 0.717) is 71.4 Å². The molecule has 2 N–H and O–H groups in total. The van der Waals surface area contributed by atoms with Crippen LogP contribution in [0.15, 0.2) is 0 Å². The lowest BCUT2D eigenvalue weighted by atomic mass is 10.1. The molecule has 0 rings (SSSR count). The molecule has 0 fully saturated rings. The number of amides is 4. The summed E-state index contributed by atoms with van der Waals surface area (Å²) in [7, 11) is 0. The van der Waals surface area contributed by atoms with Crippen LogP contribution >= 0.6 is 0 Å². The lowest BCUT2D eigenvalue weighted by molar-refractivity contribution is -0.131. The Morgan fingerprint density at radius 1 is 0.548 bits per heavy atom. The molecule has 11 heteroatoms. The highest BCUT2D eigenvalue weighted by molar-refractivity contribution is 5.76. The van der Waals surface area contributed by atoms with Crippen molar-refractivity contribution in [3.05, 3.63) is 0 Å². The van der Waals surface area contributed by atoms with Gasteiger partial charge in [0.1, 0.15) is 16.8 Å². The van der Waals surface area contributed by atoms with Crippen LogP contribution < -0.4 is 10.6 Å². The third-order valence-corrected chi connectivity index (χ3v) is 5.65. The predicted molar refractivity (Wildman–Crippen MR) is 165 cm³/mol. The zero-order valence-electron chi connectivity index (χ0n) is 28.2. The van der Waals surface area contributed by atoms with Gasteiger partial charge in [0.05, 0.1) is 0 Å². The molecular formula is C31H60N4O7. The molecule has 0 saturated heterocycles. The molecule has 246 valence electrons. The van der Waals surface area contributed by atoms with E-state index >= 15 is 0 Å². The lowest BCUT2D eigenvalue weighted by Gasteiger charge is -2.28. The van der Waals surface area contributed by atoms with Crippen LogP contribution in [0.4, 0.5) is 14.4 Å². The smallest absolute Gasteiger partial charge is 0.410 e. The highest BCUT2D eigenvalue weighted by atomic mass is 16.6. The van der Waals surface area contributed by atoms with Gasteiger partial charge in [-0.25, -0.2) is 14.4 Å². The van der Waals surface area contributed by atoms with Gasteiger partial charge < -0.3 is 34.6 Å². The number of hydrogen-bond acceptors (Lipinski definition) is 7. The quantitative estimate of drug-likeness (QED) is 0.149. The summed E-state index contributed by atoms with van der Waals surface area (Å²) in [4.78, 5) is 53.1. The van der Waals surface area contributed by atoms with Crippen molar-refractivity contribution < 1.29 is 33.4 Å². The molecule has 0 saturated carbocycles. The van der Waals surface area contributed by atoms with Gasteiger partial charge in [-0.3, -0.25) is 4.79 Å². The van der Waals surface area contributed by atoms with Crippen LogP contribution in [-0.4, -0.2) is 90.1 Å². The van der Waals surface area contributed by atoms with Crippen molar-refractivity contribution in [2.24, 2.45) is 0 Å². The van der Waals surface area contributed by atoms with Crippen LogP contribution in [0.5, 0.6) is 0 Å². The highest BCUT2D eigenvalue weighted by Crippen LogP contribution is 2.13. The van der Waals surface area contributed by atoms with Gasteiger partial charge in [0.15, 0.2) is 0 Å². The van der Waals surface area contributed by atoms with Gasteiger partial charge in [-0.2, -0.15) is 0 Å². The number of carbonyl (C=O) groups excluding carboxylic acids is 4. The summed E-state index contributed by atoms with van der Waals surface area (Å²) < 4.78 is 16.1. The van der Waals surface area contributed by atoms with Crippen LogP contribution in [0.25, 0.3) is 0 Å². The Bertz CT molecular complexity index is 814. The summed E-state index contributed by atoms with van der Waals surface area (Å²) in [5.74, 6) is 0.109. The molecule has 4 amide bonds. The molecule has 0 unspecified atom stereocenters. The largest absolute Gasteiger partial charge is 0.444 e. The minimum atomic E-state index is -0.626. The number of unbranched alkanes of at least 4 members (excludes halogenated alkanes) is 3. The van der Waals surface area contributed by atoms with Crippen LogP contribution in [0, 0.1) is 0 Å². The fourth-order valence-corrected chi connectivity index (χ4v) is 3.82. The highest BCUT2D eigenvalue weighted by Gasteiger charge is 2.23. The number of rotatable bonds is 17. The fourth-order valence-electron chi connectivity index (χ4n) is 3.82. The molecular weight excluding hydrogens is 540 g/mol. The Kier molecular flexibility index (Phi) is 18.2. The summed E-state index contributed by atoms with van der Waals surface area (Å²) in [5.41, 5.74) is -1.77. The summed E-state index contributed by atoms with van der Waals surface area (Å²) in [5, 5.41) is 5.47. The van der Waals surface area contributed by atoms with E-state index in [-0.39, 0.29) is 5.91 Å². The Morgan fingerprint density at radius 2 is 0.952 bits per heavy atom. The molecule has 11 nitrogen and oxygen atoms in total. The average Bonchev–Trinajstić information content (AvgIpc) is 2.80. The molecule has 0 spiro atoms. The van der Waals surface area contributed by atoms with Crippen molar-refractivity contribution in [1.29, 1.82) is 0 Å². The van der Waals surface area contributed by atoms with E-state index < -0.39 is 35.1 Å². The first-order valence-electron chi connectivity index (χ1n) is 15.5. The third kappa shape index (κ3) is 22.9. The maximum Gasteiger partial charge on any atom is 0.410 e. The number of nitrogens with one attached hydrogen (secondary N) is 2. The molecule has 0 aromatic heterocycles. The Morgan fingerprint density at radius 3 is 1.38 bits per heavy atom. The van der Waals surface area contributed by atoms with E-state index in [4.69, 9.17) is 14.2 Å². The van der Waals surface area contributed by atoms with Crippen molar-refractivity contribution in [1.82, 2.24) is 20.4 Å². The van der Waals surface area contributed by atoms with Gasteiger partial charge in [0, 0.05) is 45.7 Å². The Balaban J connectivity index is 4.94. The van der Waals surface area contributed by atoms with E-state index in [1.807, 2.05) is 46.4 Å². The van der Waals surface area contributed by atoms with E-state index in [2.05, 4.69) is 17.6 Å². The second-order valence-electron chi connectivity index (χ2n) is 13.6. The number of alkyl carbamates (subject to hydrolysis) is 2. The van der Waals surface area contributed by atoms with Gasteiger partial charge in [0.2, 0.25) is 5.91 Å². The normalized spacial score (nSPS) is 11.9. The van der Waals surface area contributed by atoms with E-state index in [9.17, 15) is 19.2 Å². The number of hydrogen-bond donors (Lipinski definition) is 2. The van der Waals surface area contributed by atoms with Gasteiger partial charge in [-0.15, -0.1) is 0 Å². The summed E-state index contributed by atoms with van der Waals surface area (Å²) in [6, 6.07) is 0. The Labute approximate surface area is 254 Å². The molecule has 0 aliphatic rings. The maximum atomic E-state index is 12.9. The van der Waals surface area contributed by atoms with Crippen molar-refractivity contribution in [3.63, 3.8) is 0 Å². The topological polar surface area (TPSA) is 127 Å². The van der Waals surface area contributed by atoms with Crippen molar-refractivity contribution >= 4 is 24.2 Å². The van der Waals surface area contributed by atoms with E-state index in [0.717, 1.165) is 19.3 Å². The number of carbonyl (C=O) groups is 4. The maximum absolute atomic E-state index is 12.9. The van der Waals surface area contributed by atoms with Gasteiger partial charge in [0.25, 0.3) is 0 Å². The first kappa shape index (κ1) is 39.3. The molecule has 42 heavy (non-hydrogen) atoms. The van der Waals surface area contributed by atoms with Gasteiger partial charge in [-0.05, 0) is 94.4 Å². The number of ether oxygens (including phenoxy) is 3. The zero-order valence-corrected chi connectivity index (χ0v) is 28.2. The second-order valence-corrected chi connectivity index (χ2v) is 13.6. The van der Waals surface area contributed by atoms with Crippen LogP contribution in [0.3, 0.4) is 0 Å². The molecule has 0 radical (unpaired) electrons. The summed E-state index contributed by atoms with van der Waals surface area (Å²) >= 11 is 0. The molecule has 0 aliphatic heterocycles. The fraction of sp³-hybridized carbons (Fsp3) is 0.871. The first-order valence-corrected chi connectivity index (χ1v) is 15.5. The minimum Gasteiger partial charge on any atom is -0.444 e. The van der Waals surface area contributed by atoms with Gasteiger partial charge >= 0.3 is 18.3 Å². The monoisotopic (exact) mass is 600 g/mol. The van der Waals surface area contributed by atoms with E-state index in [1.165, 1.54) is 0 Å². The summed E-state index contributed by atoms with van der Waals surface area (Å²) in [6.45, 7) is 21.2. The zero-order chi connectivity index (χ0) is 32.4. The minimum absolute atomic E-state index is 0.109. The molecule has 0 bridgehead atoms.